The van der Waals surface area contributed by atoms with Crippen LogP contribution in [0, 0.1) is 46.3 Å². The van der Waals surface area contributed by atoms with Crippen molar-refractivity contribution in [3.63, 3.8) is 0 Å². The molecule has 0 bridgehead atoms. The number of allylic oxidation sites excluding steroid dienone is 4. The standard InChI is InChI=1S/C38H60N2O2/c1-22(2)27-16-31-23(3)13-28(19-36(31,5)38(20-27)11-7-8-12-38)32-10-9-29-15-26-14-25-17-33(39-21-24(4)41)34(42)18-30(25)35(26)37(29,6)40-32/h13,24-27,29-30,32-35,39-42H,1,7-12,14-21H2,2-6H3. The third-order valence-electron chi connectivity index (χ3n) is 14.9. The largest absolute Gasteiger partial charge is 0.392 e. The van der Waals surface area contributed by atoms with Crippen LogP contribution in [0.15, 0.2) is 34.9 Å². The van der Waals surface area contributed by atoms with Gasteiger partial charge in [-0.15, -0.1) is 0 Å². The first kappa shape index (κ1) is 29.8. The molecular formula is C38H60N2O2. The molecule has 4 nitrogen and oxygen atoms in total. The molecule has 7 rings (SSSR count). The number of hydrogen-bond donors (Lipinski definition) is 4. The fourth-order valence-corrected chi connectivity index (χ4v) is 12.9. The van der Waals surface area contributed by atoms with Crippen molar-refractivity contribution in [1.82, 2.24) is 10.6 Å². The number of piperidine rings is 1. The molecule has 42 heavy (non-hydrogen) atoms. The summed E-state index contributed by atoms with van der Waals surface area (Å²) in [5, 5.41) is 29.0. The second-order valence-corrected chi connectivity index (χ2v) is 17.2. The third-order valence-corrected chi connectivity index (χ3v) is 14.9. The number of aliphatic hydroxyl groups is 2. The quantitative estimate of drug-likeness (QED) is 0.264. The molecule has 12 atom stereocenters. The lowest BCUT2D eigenvalue weighted by Gasteiger charge is -2.58. The van der Waals surface area contributed by atoms with Gasteiger partial charge in [0.25, 0.3) is 0 Å². The number of fused-ring (bicyclic) bond motifs is 7. The predicted octanol–water partition coefficient (Wildman–Crippen LogP) is 7.08. The Bertz CT molecular complexity index is 1150. The van der Waals surface area contributed by atoms with Crippen LogP contribution in [0.3, 0.4) is 0 Å². The van der Waals surface area contributed by atoms with Gasteiger partial charge in [0.1, 0.15) is 0 Å². The minimum Gasteiger partial charge on any atom is -0.392 e. The van der Waals surface area contributed by atoms with Gasteiger partial charge in [-0.05, 0) is 145 Å². The Hall–Kier alpha value is -0.940. The van der Waals surface area contributed by atoms with Crippen LogP contribution in [0.1, 0.15) is 118 Å². The summed E-state index contributed by atoms with van der Waals surface area (Å²) in [6, 6.07) is 0.624. The Morgan fingerprint density at radius 2 is 1.88 bits per heavy atom. The molecule has 4 heteroatoms. The summed E-state index contributed by atoms with van der Waals surface area (Å²) < 4.78 is 0. The van der Waals surface area contributed by atoms with Gasteiger partial charge >= 0.3 is 0 Å². The van der Waals surface area contributed by atoms with Crippen LogP contribution < -0.4 is 10.6 Å². The lowest BCUT2D eigenvalue weighted by molar-refractivity contribution is 0.00450. The molecule has 4 N–H and O–H groups in total. The number of aliphatic hydroxyl groups excluding tert-OH is 2. The Kier molecular flexibility index (Phi) is 7.48. The monoisotopic (exact) mass is 576 g/mol. The lowest BCUT2D eigenvalue weighted by atomic mass is 9.47. The van der Waals surface area contributed by atoms with Crippen molar-refractivity contribution >= 4 is 0 Å². The molecular weight excluding hydrogens is 516 g/mol. The van der Waals surface area contributed by atoms with E-state index in [4.69, 9.17) is 0 Å². The van der Waals surface area contributed by atoms with Crippen LogP contribution in [0.4, 0.5) is 0 Å². The van der Waals surface area contributed by atoms with Crippen molar-refractivity contribution in [2.45, 2.75) is 148 Å². The van der Waals surface area contributed by atoms with Crippen molar-refractivity contribution in [2.24, 2.45) is 46.3 Å². The summed E-state index contributed by atoms with van der Waals surface area (Å²) in [5.41, 5.74) is 7.34. The Balaban J connectivity index is 1.13. The molecule has 0 aromatic carbocycles. The second kappa shape index (κ2) is 10.6. The Morgan fingerprint density at radius 1 is 1.12 bits per heavy atom. The molecule has 0 amide bonds. The van der Waals surface area contributed by atoms with Gasteiger partial charge in [0.2, 0.25) is 0 Å². The molecule has 6 aliphatic carbocycles. The molecule has 0 aromatic rings. The summed E-state index contributed by atoms with van der Waals surface area (Å²) in [7, 11) is 0. The Morgan fingerprint density at radius 3 is 2.60 bits per heavy atom. The van der Waals surface area contributed by atoms with E-state index in [2.05, 4.69) is 51.0 Å². The molecule has 1 saturated heterocycles. The summed E-state index contributed by atoms with van der Waals surface area (Å²) >= 11 is 0. The minimum atomic E-state index is -0.364. The molecule has 1 heterocycles. The molecule has 0 radical (unpaired) electrons. The van der Waals surface area contributed by atoms with Crippen LogP contribution in [0.25, 0.3) is 0 Å². The summed E-state index contributed by atoms with van der Waals surface area (Å²) in [6.07, 6.45) is 18.7. The molecule has 6 fully saturated rings. The smallest absolute Gasteiger partial charge is 0.0696 e. The van der Waals surface area contributed by atoms with Crippen molar-refractivity contribution in [3.05, 3.63) is 34.9 Å². The van der Waals surface area contributed by atoms with Gasteiger partial charge < -0.3 is 20.8 Å². The highest BCUT2D eigenvalue weighted by Crippen LogP contribution is 2.68. The number of nitrogens with one attached hydrogen (secondary N) is 2. The molecule has 1 aliphatic heterocycles. The maximum atomic E-state index is 11.2. The number of rotatable bonds is 5. The van der Waals surface area contributed by atoms with Gasteiger partial charge in [0.05, 0.1) is 12.2 Å². The molecule has 1 spiro atoms. The lowest BCUT2D eigenvalue weighted by Crippen LogP contribution is -2.61. The molecule has 7 aliphatic rings. The predicted molar refractivity (Wildman–Crippen MR) is 172 cm³/mol. The second-order valence-electron chi connectivity index (χ2n) is 17.2. The molecule has 0 aromatic heterocycles. The van der Waals surface area contributed by atoms with Gasteiger partial charge in [0.15, 0.2) is 0 Å². The zero-order valence-electron chi connectivity index (χ0n) is 27.4. The third kappa shape index (κ3) is 4.51. The van der Waals surface area contributed by atoms with Gasteiger partial charge in [-0.1, -0.05) is 54.7 Å². The van der Waals surface area contributed by atoms with Crippen molar-refractivity contribution < 1.29 is 10.2 Å². The zero-order chi connectivity index (χ0) is 29.6. The molecule has 5 saturated carbocycles. The number of hydrogen-bond acceptors (Lipinski definition) is 4. The van der Waals surface area contributed by atoms with Gasteiger partial charge in [-0.2, -0.15) is 0 Å². The van der Waals surface area contributed by atoms with Crippen molar-refractivity contribution in [1.29, 1.82) is 0 Å². The van der Waals surface area contributed by atoms with Crippen LogP contribution >= 0.6 is 0 Å². The summed E-state index contributed by atoms with van der Waals surface area (Å²) in [5.74, 6) is 4.24. The molecule has 234 valence electrons. The maximum Gasteiger partial charge on any atom is 0.0696 e. The van der Waals surface area contributed by atoms with E-state index in [9.17, 15) is 10.2 Å². The van der Waals surface area contributed by atoms with Crippen molar-refractivity contribution in [3.8, 4) is 0 Å². The average Bonchev–Trinajstić information content (AvgIpc) is 3.61. The first-order valence-corrected chi connectivity index (χ1v) is 17.9. The van der Waals surface area contributed by atoms with E-state index in [-0.39, 0.29) is 23.8 Å². The van der Waals surface area contributed by atoms with E-state index in [1.54, 1.807) is 16.7 Å². The van der Waals surface area contributed by atoms with Gasteiger partial charge in [-0.25, -0.2) is 0 Å². The van der Waals surface area contributed by atoms with E-state index in [0.717, 1.165) is 24.7 Å². The zero-order valence-corrected chi connectivity index (χ0v) is 27.4. The SMILES string of the molecule is C=C(C)C1CC2=C(C)C=C(C3CCC4CC5CC6CC(NCC(C)O)C(O)CC6C5C4(C)N3)CC2(C)C2(CCCC2)C1. The Labute approximate surface area is 256 Å². The topological polar surface area (TPSA) is 64.5 Å². The van der Waals surface area contributed by atoms with Gasteiger partial charge in [-0.3, -0.25) is 0 Å². The van der Waals surface area contributed by atoms with E-state index in [0.29, 0.717) is 47.1 Å². The summed E-state index contributed by atoms with van der Waals surface area (Å²) in [4.78, 5) is 0. The first-order chi connectivity index (χ1) is 19.9. The van der Waals surface area contributed by atoms with E-state index in [1.807, 2.05) is 6.92 Å². The van der Waals surface area contributed by atoms with E-state index >= 15 is 0 Å². The van der Waals surface area contributed by atoms with Crippen LogP contribution in [0.5, 0.6) is 0 Å². The highest BCUT2D eigenvalue weighted by molar-refractivity contribution is 5.44. The van der Waals surface area contributed by atoms with Crippen LogP contribution in [-0.4, -0.2) is 46.6 Å². The molecule has 12 unspecified atom stereocenters. The fourth-order valence-electron chi connectivity index (χ4n) is 12.9. The minimum absolute atomic E-state index is 0.135. The average molecular weight is 577 g/mol. The first-order valence-electron chi connectivity index (χ1n) is 17.9. The fraction of sp³-hybridized carbons (Fsp3) is 0.842. The van der Waals surface area contributed by atoms with Crippen LogP contribution in [0.2, 0.25) is 0 Å². The maximum absolute atomic E-state index is 11.2. The highest BCUT2D eigenvalue weighted by atomic mass is 16.3. The normalized spacial score (nSPS) is 48.4. The van der Waals surface area contributed by atoms with Gasteiger partial charge in [0, 0.05) is 24.2 Å². The highest BCUT2D eigenvalue weighted by Gasteiger charge is 2.63. The van der Waals surface area contributed by atoms with Crippen LogP contribution in [-0.2, 0) is 0 Å². The van der Waals surface area contributed by atoms with Crippen molar-refractivity contribution in [2.75, 3.05) is 6.54 Å². The van der Waals surface area contributed by atoms with E-state index < -0.39 is 0 Å². The van der Waals surface area contributed by atoms with E-state index in [1.165, 1.54) is 76.2 Å². The summed E-state index contributed by atoms with van der Waals surface area (Å²) in [6.45, 7) is 16.8.